The van der Waals surface area contributed by atoms with Crippen LogP contribution in [0.4, 0.5) is 13.2 Å². The van der Waals surface area contributed by atoms with Crippen molar-refractivity contribution in [3.05, 3.63) is 54.2 Å². The molecule has 0 fully saturated rings. The SMILES string of the molecule is FC(F)(F)c1ccc(-c2cccc3[nH]ncc23)cc1. The summed E-state index contributed by atoms with van der Waals surface area (Å²) in [6, 6.07) is 10.7. The van der Waals surface area contributed by atoms with Crippen LogP contribution in [0.1, 0.15) is 5.56 Å². The van der Waals surface area contributed by atoms with E-state index in [1.165, 1.54) is 12.1 Å². The number of H-pyrrole nitrogens is 1. The maximum Gasteiger partial charge on any atom is 0.416 e. The Hall–Kier alpha value is -2.30. The van der Waals surface area contributed by atoms with E-state index in [1.54, 1.807) is 6.20 Å². The summed E-state index contributed by atoms with van der Waals surface area (Å²) in [5, 5.41) is 7.67. The molecule has 1 N–H and O–H groups in total. The molecule has 0 aliphatic rings. The van der Waals surface area contributed by atoms with Gasteiger partial charge in [0.05, 0.1) is 17.3 Å². The predicted octanol–water partition coefficient (Wildman–Crippen LogP) is 4.25. The van der Waals surface area contributed by atoms with Crippen molar-refractivity contribution in [2.75, 3.05) is 0 Å². The van der Waals surface area contributed by atoms with Crippen molar-refractivity contribution < 1.29 is 13.2 Å². The number of hydrogen-bond donors (Lipinski definition) is 1. The minimum absolute atomic E-state index is 0.643. The third kappa shape index (κ3) is 2.07. The minimum atomic E-state index is -4.31. The largest absolute Gasteiger partial charge is 0.416 e. The van der Waals surface area contributed by atoms with Crippen molar-refractivity contribution in [3.8, 4) is 11.1 Å². The molecule has 1 aromatic heterocycles. The van der Waals surface area contributed by atoms with Gasteiger partial charge in [-0.2, -0.15) is 18.3 Å². The molecule has 0 saturated heterocycles. The van der Waals surface area contributed by atoms with Crippen LogP contribution in [-0.2, 0) is 6.18 Å². The van der Waals surface area contributed by atoms with Gasteiger partial charge in [0.2, 0.25) is 0 Å². The fourth-order valence-electron chi connectivity index (χ4n) is 2.06. The second-order valence-corrected chi connectivity index (χ2v) is 4.21. The number of benzene rings is 2. The topological polar surface area (TPSA) is 28.7 Å². The van der Waals surface area contributed by atoms with Gasteiger partial charge in [-0.1, -0.05) is 24.3 Å². The lowest BCUT2D eigenvalue weighted by molar-refractivity contribution is -0.137. The molecule has 0 amide bonds. The molecule has 0 aliphatic carbocycles. The van der Waals surface area contributed by atoms with Crippen LogP contribution < -0.4 is 0 Å². The fourth-order valence-corrected chi connectivity index (χ4v) is 2.06. The number of hydrogen-bond acceptors (Lipinski definition) is 1. The number of nitrogens with one attached hydrogen (secondary N) is 1. The van der Waals surface area contributed by atoms with Crippen LogP contribution in [0.15, 0.2) is 48.7 Å². The van der Waals surface area contributed by atoms with E-state index in [4.69, 9.17) is 0 Å². The number of nitrogens with zero attached hydrogens (tertiary/aromatic N) is 1. The molecule has 96 valence electrons. The lowest BCUT2D eigenvalue weighted by Gasteiger charge is -2.08. The van der Waals surface area contributed by atoms with Crippen LogP contribution in [0.5, 0.6) is 0 Å². The van der Waals surface area contributed by atoms with Crippen molar-refractivity contribution >= 4 is 10.9 Å². The van der Waals surface area contributed by atoms with Crippen LogP contribution >= 0.6 is 0 Å². The van der Waals surface area contributed by atoms with Gasteiger partial charge in [-0.3, -0.25) is 5.10 Å². The van der Waals surface area contributed by atoms with Crippen LogP contribution in [-0.4, -0.2) is 10.2 Å². The second kappa shape index (κ2) is 4.12. The molecule has 2 aromatic carbocycles. The number of aromatic nitrogens is 2. The Balaban J connectivity index is 2.10. The van der Waals surface area contributed by atoms with E-state index in [0.717, 1.165) is 34.2 Å². The Kier molecular flexibility index (Phi) is 2.55. The fraction of sp³-hybridized carbons (Fsp3) is 0.0714. The van der Waals surface area contributed by atoms with E-state index in [1.807, 2.05) is 18.2 Å². The van der Waals surface area contributed by atoms with Crippen molar-refractivity contribution in [1.29, 1.82) is 0 Å². The Morgan fingerprint density at radius 2 is 1.68 bits per heavy atom. The number of rotatable bonds is 1. The lowest BCUT2D eigenvalue weighted by Crippen LogP contribution is -2.03. The molecule has 0 unspecified atom stereocenters. The van der Waals surface area contributed by atoms with Gasteiger partial charge in [0.25, 0.3) is 0 Å². The third-order valence-corrected chi connectivity index (χ3v) is 3.01. The van der Waals surface area contributed by atoms with Crippen molar-refractivity contribution in [1.82, 2.24) is 10.2 Å². The molecule has 5 heteroatoms. The van der Waals surface area contributed by atoms with Gasteiger partial charge in [-0.15, -0.1) is 0 Å². The molecule has 0 bridgehead atoms. The van der Waals surface area contributed by atoms with Gasteiger partial charge in [-0.25, -0.2) is 0 Å². The van der Waals surface area contributed by atoms with E-state index in [-0.39, 0.29) is 0 Å². The van der Waals surface area contributed by atoms with Gasteiger partial charge in [-0.05, 0) is 29.3 Å². The second-order valence-electron chi connectivity index (χ2n) is 4.21. The number of aromatic amines is 1. The van der Waals surface area contributed by atoms with E-state index in [9.17, 15) is 13.2 Å². The molecular weight excluding hydrogens is 253 g/mol. The molecule has 3 aromatic rings. The quantitative estimate of drug-likeness (QED) is 0.697. The van der Waals surface area contributed by atoms with Crippen LogP contribution in [0, 0.1) is 0 Å². The first-order chi connectivity index (χ1) is 9.05. The van der Waals surface area contributed by atoms with Crippen molar-refractivity contribution in [3.63, 3.8) is 0 Å². The van der Waals surface area contributed by atoms with Gasteiger partial charge < -0.3 is 0 Å². The predicted molar refractivity (Wildman–Crippen MR) is 66.5 cm³/mol. The number of alkyl halides is 3. The van der Waals surface area contributed by atoms with Crippen molar-refractivity contribution in [2.24, 2.45) is 0 Å². The first-order valence-corrected chi connectivity index (χ1v) is 5.65. The maximum absolute atomic E-state index is 12.5. The highest BCUT2D eigenvalue weighted by atomic mass is 19.4. The zero-order valence-electron chi connectivity index (χ0n) is 9.70. The Morgan fingerprint density at radius 3 is 2.37 bits per heavy atom. The summed E-state index contributed by atoms with van der Waals surface area (Å²) < 4.78 is 37.5. The Bertz CT molecular complexity index is 711. The Morgan fingerprint density at radius 1 is 0.947 bits per heavy atom. The van der Waals surface area contributed by atoms with E-state index < -0.39 is 11.7 Å². The zero-order chi connectivity index (χ0) is 13.5. The van der Waals surface area contributed by atoms with Gasteiger partial charge >= 0.3 is 6.18 Å². The molecule has 1 heterocycles. The third-order valence-electron chi connectivity index (χ3n) is 3.01. The van der Waals surface area contributed by atoms with Crippen LogP contribution in [0.25, 0.3) is 22.0 Å². The molecule has 0 saturated carbocycles. The summed E-state index contributed by atoms with van der Waals surface area (Å²) in [6.07, 6.45) is -2.64. The molecule has 3 rings (SSSR count). The average Bonchev–Trinajstić information content (AvgIpc) is 2.86. The summed E-state index contributed by atoms with van der Waals surface area (Å²) in [5.41, 5.74) is 1.81. The van der Waals surface area contributed by atoms with Gasteiger partial charge in [0.1, 0.15) is 0 Å². The summed E-state index contributed by atoms with van der Waals surface area (Å²) in [7, 11) is 0. The number of fused-ring (bicyclic) bond motifs is 1. The first-order valence-electron chi connectivity index (χ1n) is 5.65. The standard InChI is InChI=1S/C14H9F3N2/c15-14(16,17)10-6-4-9(5-7-10)11-2-1-3-13-12(11)8-18-19-13/h1-8H,(H,18,19). The van der Waals surface area contributed by atoms with Crippen LogP contribution in [0.3, 0.4) is 0 Å². The molecule has 0 atom stereocenters. The molecular formula is C14H9F3N2. The summed E-state index contributed by atoms with van der Waals surface area (Å²) in [6.45, 7) is 0. The molecule has 0 aliphatic heterocycles. The highest BCUT2D eigenvalue weighted by Gasteiger charge is 2.29. The van der Waals surface area contributed by atoms with E-state index in [2.05, 4.69) is 10.2 Å². The number of halogens is 3. The summed E-state index contributed by atoms with van der Waals surface area (Å²) >= 11 is 0. The van der Waals surface area contributed by atoms with E-state index >= 15 is 0 Å². The molecule has 19 heavy (non-hydrogen) atoms. The summed E-state index contributed by atoms with van der Waals surface area (Å²) in [5.74, 6) is 0. The van der Waals surface area contributed by atoms with Crippen molar-refractivity contribution in [2.45, 2.75) is 6.18 Å². The first kappa shape index (κ1) is 11.8. The van der Waals surface area contributed by atoms with E-state index in [0.29, 0.717) is 0 Å². The highest BCUT2D eigenvalue weighted by molar-refractivity contribution is 5.94. The minimum Gasteiger partial charge on any atom is -0.278 e. The van der Waals surface area contributed by atoms with Crippen LogP contribution in [0.2, 0.25) is 0 Å². The normalized spacial score (nSPS) is 11.9. The summed E-state index contributed by atoms with van der Waals surface area (Å²) in [4.78, 5) is 0. The molecule has 0 radical (unpaired) electrons. The smallest absolute Gasteiger partial charge is 0.278 e. The average molecular weight is 262 g/mol. The zero-order valence-corrected chi connectivity index (χ0v) is 9.70. The molecule has 2 nitrogen and oxygen atoms in total. The lowest BCUT2D eigenvalue weighted by atomic mass is 10.0. The van der Waals surface area contributed by atoms with Gasteiger partial charge in [0, 0.05) is 5.39 Å². The van der Waals surface area contributed by atoms with Gasteiger partial charge in [0.15, 0.2) is 0 Å². The monoisotopic (exact) mass is 262 g/mol. The highest BCUT2D eigenvalue weighted by Crippen LogP contribution is 2.32. The Labute approximate surface area is 106 Å². The molecule has 0 spiro atoms. The maximum atomic E-state index is 12.5.